The highest BCUT2D eigenvalue weighted by atomic mass is 16.5. The van der Waals surface area contributed by atoms with Gasteiger partial charge in [0.2, 0.25) is 11.8 Å². The predicted molar refractivity (Wildman–Crippen MR) is 118 cm³/mol. The summed E-state index contributed by atoms with van der Waals surface area (Å²) in [5, 5.41) is 0. The largest absolute Gasteiger partial charge is 0.497 e. The van der Waals surface area contributed by atoms with Crippen LogP contribution >= 0.6 is 0 Å². The number of nitrogens with zero attached hydrogens (tertiary/aromatic N) is 3. The maximum Gasteiger partial charge on any atom is 0.250 e. The van der Waals surface area contributed by atoms with Gasteiger partial charge in [-0.15, -0.1) is 0 Å². The molecule has 8 nitrogen and oxygen atoms in total. The van der Waals surface area contributed by atoms with Gasteiger partial charge in [-0.05, 0) is 30.5 Å². The van der Waals surface area contributed by atoms with Crippen molar-refractivity contribution in [1.82, 2.24) is 9.47 Å². The zero-order valence-electron chi connectivity index (χ0n) is 18.3. The number of carbonyl (C=O) groups is 2. The molecule has 2 aromatic rings. The van der Waals surface area contributed by atoms with Crippen LogP contribution in [0.5, 0.6) is 11.5 Å². The van der Waals surface area contributed by atoms with Crippen LogP contribution in [0, 0.1) is 11.8 Å². The molecule has 2 bridgehead atoms. The van der Waals surface area contributed by atoms with Gasteiger partial charge in [0, 0.05) is 56.3 Å². The molecule has 0 spiro atoms. The summed E-state index contributed by atoms with van der Waals surface area (Å²) >= 11 is 0. The van der Waals surface area contributed by atoms with Crippen LogP contribution in [0.15, 0.2) is 41.2 Å². The van der Waals surface area contributed by atoms with Crippen molar-refractivity contribution in [3.63, 3.8) is 0 Å². The molecule has 168 valence electrons. The van der Waals surface area contributed by atoms with Crippen LogP contribution in [0.1, 0.15) is 24.5 Å². The summed E-state index contributed by atoms with van der Waals surface area (Å²) in [7, 11) is 3.13. The van der Waals surface area contributed by atoms with Gasteiger partial charge in [-0.25, -0.2) is 0 Å². The third-order valence-corrected chi connectivity index (χ3v) is 6.94. The number of pyridine rings is 1. The first-order chi connectivity index (χ1) is 15.5. The van der Waals surface area contributed by atoms with E-state index in [2.05, 4.69) is 0 Å². The minimum atomic E-state index is -0.393. The van der Waals surface area contributed by atoms with Crippen LogP contribution < -0.4 is 19.9 Å². The van der Waals surface area contributed by atoms with E-state index in [0.717, 1.165) is 12.1 Å². The smallest absolute Gasteiger partial charge is 0.250 e. The van der Waals surface area contributed by atoms with Crippen LogP contribution in [0.2, 0.25) is 0 Å². The summed E-state index contributed by atoms with van der Waals surface area (Å²) < 4.78 is 12.6. The number of ether oxygens (including phenoxy) is 2. The van der Waals surface area contributed by atoms with Crippen LogP contribution in [0.25, 0.3) is 0 Å². The molecule has 1 aromatic carbocycles. The summed E-state index contributed by atoms with van der Waals surface area (Å²) in [5.41, 5.74) is 1.66. The number of aromatic nitrogens is 1. The Labute approximate surface area is 186 Å². The Hall–Kier alpha value is -3.29. The van der Waals surface area contributed by atoms with Gasteiger partial charge in [0.15, 0.2) is 0 Å². The van der Waals surface area contributed by atoms with Crippen molar-refractivity contribution in [2.75, 3.05) is 38.8 Å². The Balaban J connectivity index is 1.35. The molecule has 5 rings (SSSR count). The number of hydrogen-bond acceptors (Lipinski definition) is 5. The first-order valence-corrected chi connectivity index (χ1v) is 11.0. The van der Waals surface area contributed by atoms with Gasteiger partial charge < -0.3 is 23.8 Å². The molecule has 0 radical (unpaired) electrons. The molecule has 2 saturated heterocycles. The lowest BCUT2D eigenvalue weighted by Gasteiger charge is -2.43. The molecule has 3 aliphatic heterocycles. The normalized spacial score (nSPS) is 24.3. The molecule has 1 aromatic heterocycles. The number of benzene rings is 1. The lowest BCUT2D eigenvalue weighted by Crippen LogP contribution is -2.50. The number of methoxy groups -OCH3 is 2. The lowest BCUT2D eigenvalue weighted by molar-refractivity contribution is -0.138. The number of amides is 2. The molecule has 0 saturated carbocycles. The molecule has 2 fully saturated rings. The van der Waals surface area contributed by atoms with Crippen molar-refractivity contribution in [2.24, 2.45) is 11.8 Å². The second kappa shape index (κ2) is 8.00. The van der Waals surface area contributed by atoms with Gasteiger partial charge >= 0.3 is 0 Å². The molecule has 0 N–H and O–H groups in total. The monoisotopic (exact) mass is 437 g/mol. The maximum atomic E-state index is 13.4. The Kier molecular flexibility index (Phi) is 5.15. The van der Waals surface area contributed by atoms with E-state index in [1.165, 1.54) is 0 Å². The molecule has 1 unspecified atom stereocenters. The van der Waals surface area contributed by atoms with E-state index in [0.29, 0.717) is 43.4 Å². The molecule has 3 aliphatic rings. The minimum absolute atomic E-state index is 0.0177. The van der Waals surface area contributed by atoms with Crippen molar-refractivity contribution in [3.8, 4) is 11.5 Å². The van der Waals surface area contributed by atoms with Gasteiger partial charge in [-0.3, -0.25) is 14.4 Å². The summed E-state index contributed by atoms with van der Waals surface area (Å²) in [6.45, 7) is 2.18. The van der Waals surface area contributed by atoms with E-state index >= 15 is 0 Å². The number of hydrogen-bond donors (Lipinski definition) is 0. The highest BCUT2D eigenvalue weighted by Crippen LogP contribution is 2.38. The van der Waals surface area contributed by atoms with Gasteiger partial charge in [0.05, 0.1) is 25.8 Å². The lowest BCUT2D eigenvalue weighted by atomic mass is 9.82. The summed E-state index contributed by atoms with van der Waals surface area (Å²) in [6.07, 6.45) is 1.17. The fraction of sp³-hybridized carbons (Fsp3) is 0.458. The van der Waals surface area contributed by atoms with Gasteiger partial charge in [0.1, 0.15) is 11.5 Å². The molecular weight excluding hydrogens is 410 g/mol. The molecule has 3 atom stereocenters. The quantitative estimate of drug-likeness (QED) is 0.730. The Morgan fingerprint density at radius 3 is 2.62 bits per heavy atom. The fourth-order valence-electron chi connectivity index (χ4n) is 5.45. The highest BCUT2D eigenvalue weighted by molar-refractivity contribution is 6.01. The van der Waals surface area contributed by atoms with E-state index < -0.39 is 5.92 Å². The van der Waals surface area contributed by atoms with Crippen LogP contribution in [0.3, 0.4) is 0 Å². The third-order valence-electron chi connectivity index (χ3n) is 6.94. The molecular formula is C24H27N3O5. The highest BCUT2D eigenvalue weighted by Gasteiger charge is 2.42. The van der Waals surface area contributed by atoms with Crippen LogP contribution in [0.4, 0.5) is 5.69 Å². The van der Waals surface area contributed by atoms with E-state index in [1.807, 2.05) is 15.5 Å². The van der Waals surface area contributed by atoms with Crippen molar-refractivity contribution in [2.45, 2.75) is 25.3 Å². The summed E-state index contributed by atoms with van der Waals surface area (Å²) in [6, 6.07) is 10.7. The fourth-order valence-corrected chi connectivity index (χ4v) is 5.45. The zero-order valence-corrected chi connectivity index (χ0v) is 18.3. The SMILES string of the molecule is COc1ccc(OC)c(N2CC(C(=O)N3C[C@H]4C[C@@H](C3)c3cccc(=O)n3C4)CC2=O)c1. The summed E-state index contributed by atoms with van der Waals surface area (Å²) in [4.78, 5) is 42.1. The third kappa shape index (κ3) is 3.43. The number of piperidine rings is 1. The maximum absolute atomic E-state index is 13.4. The van der Waals surface area contributed by atoms with Crippen molar-refractivity contribution in [1.29, 1.82) is 0 Å². The van der Waals surface area contributed by atoms with Crippen LogP contribution in [-0.4, -0.2) is 55.1 Å². The number of carbonyl (C=O) groups excluding carboxylic acids is 2. The molecule has 32 heavy (non-hydrogen) atoms. The topological polar surface area (TPSA) is 81.1 Å². The van der Waals surface area contributed by atoms with Crippen LogP contribution in [-0.2, 0) is 16.1 Å². The Bertz CT molecular complexity index is 1130. The van der Waals surface area contributed by atoms with Gasteiger partial charge in [0.25, 0.3) is 5.56 Å². The van der Waals surface area contributed by atoms with Gasteiger partial charge in [-0.2, -0.15) is 0 Å². The van der Waals surface area contributed by atoms with E-state index in [1.54, 1.807) is 49.5 Å². The minimum Gasteiger partial charge on any atom is -0.497 e. The van der Waals surface area contributed by atoms with E-state index in [4.69, 9.17) is 9.47 Å². The number of likely N-dealkylation sites (tertiary alicyclic amines) is 1. The second-order valence-electron chi connectivity index (χ2n) is 8.88. The number of anilines is 1. The molecule has 4 heterocycles. The molecule has 2 amide bonds. The van der Waals surface area contributed by atoms with E-state index in [-0.39, 0.29) is 35.6 Å². The summed E-state index contributed by atoms with van der Waals surface area (Å²) in [5.74, 6) is 1.15. The molecule has 8 heteroatoms. The average molecular weight is 437 g/mol. The average Bonchev–Trinajstić information content (AvgIpc) is 3.20. The first kappa shape index (κ1) is 20.6. The number of fused-ring (bicyclic) bond motifs is 4. The first-order valence-electron chi connectivity index (χ1n) is 11.0. The van der Waals surface area contributed by atoms with Gasteiger partial charge in [-0.1, -0.05) is 6.07 Å². The Morgan fingerprint density at radius 2 is 1.84 bits per heavy atom. The van der Waals surface area contributed by atoms with Crippen molar-refractivity contribution >= 4 is 17.5 Å². The second-order valence-corrected chi connectivity index (χ2v) is 8.88. The van der Waals surface area contributed by atoms with Crippen molar-refractivity contribution < 1.29 is 19.1 Å². The number of rotatable bonds is 4. The Morgan fingerprint density at radius 1 is 1.00 bits per heavy atom. The van der Waals surface area contributed by atoms with Crippen molar-refractivity contribution in [3.05, 3.63) is 52.4 Å². The van der Waals surface area contributed by atoms with E-state index in [9.17, 15) is 14.4 Å². The standard InChI is InChI=1S/C24H27N3O5/c1-31-18-6-7-21(32-2)20(10-18)27-14-17(9-23(27)29)24(30)25-11-15-8-16(13-25)19-4-3-5-22(28)26(19)12-15/h3-7,10,15-17H,8-9,11-14H2,1-2H3/t15-,16+,17?/m1/s1. The predicted octanol–water partition coefficient (Wildman–Crippen LogP) is 1.86. The molecule has 0 aliphatic carbocycles. The zero-order chi connectivity index (χ0) is 22.4.